The van der Waals surface area contributed by atoms with Crippen LogP contribution in [0.25, 0.3) is 0 Å². The fraction of sp³-hybridized carbons (Fsp3) is 0.467. The molecule has 0 heterocycles. The van der Waals surface area contributed by atoms with Crippen molar-refractivity contribution in [3.63, 3.8) is 0 Å². The van der Waals surface area contributed by atoms with Gasteiger partial charge in [-0.05, 0) is 36.5 Å². The van der Waals surface area contributed by atoms with E-state index in [4.69, 9.17) is 16.7 Å². The molecule has 0 aromatic heterocycles. The summed E-state index contributed by atoms with van der Waals surface area (Å²) in [6.45, 7) is 4.26. The molecule has 116 valence electrons. The van der Waals surface area contributed by atoms with Crippen LogP contribution in [-0.2, 0) is 11.2 Å². The first kappa shape index (κ1) is 17.3. The van der Waals surface area contributed by atoms with Crippen LogP contribution >= 0.6 is 11.6 Å². The van der Waals surface area contributed by atoms with Crippen molar-refractivity contribution in [2.45, 2.75) is 32.7 Å². The van der Waals surface area contributed by atoms with Gasteiger partial charge in [-0.3, -0.25) is 0 Å². The van der Waals surface area contributed by atoms with E-state index in [1.807, 2.05) is 26.0 Å². The highest BCUT2D eigenvalue weighted by Gasteiger charge is 2.20. The van der Waals surface area contributed by atoms with E-state index in [2.05, 4.69) is 10.6 Å². The summed E-state index contributed by atoms with van der Waals surface area (Å²) >= 11 is 5.79. The molecule has 0 saturated heterocycles. The number of nitrogens with one attached hydrogen (secondary N) is 2. The predicted molar refractivity (Wildman–Crippen MR) is 82.6 cm³/mol. The number of urea groups is 1. The fourth-order valence-corrected chi connectivity index (χ4v) is 2.00. The smallest absolute Gasteiger partial charge is 0.326 e. The van der Waals surface area contributed by atoms with Crippen molar-refractivity contribution < 1.29 is 14.7 Å². The lowest BCUT2D eigenvalue weighted by molar-refractivity contribution is -0.139. The normalized spacial score (nSPS) is 12.0. The first-order valence-electron chi connectivity index (χ1n) is 6.90. The van der Waals surface area contributed by atoms with Crippen LogP contribution in [0.4, 0.5) is 4.79 Å². The van der Waals surface area contributed by atoms with Crippen LogP contribution in [0.3, 0.4) is 0 Å². The lowest BCUT2D eigenvalue weighted by Crippen LogP contribution is -2.47. The molecule has 0 saturated carbocycles. The maximum absolute atomic E-state index is 11.7. The molecule has 3 N–H and O–H groups in total. The molecule has 0 radical (unpaired) electrons. The summed E-state index contributed by atoms with van der Waals surface area (Å²) in [6, 6.07) is 6.04. The van der Waals surface area contributed by atoms with Crippen LogP contribution in [0.2, 0.25) is 5.02 Å². The first-order valence-corrected chi connectivity index (χ1v) is 7.28. The maximum atomic E-state index is 11.7. The quantitative estimate of drug-likeness (QED) is 0.724. The van der Waals surface area contributed by atoms with Gasteiger partial charge in [-0.1, -0.05) is 37.6 Å². The number of hydrogen-bond acceptors (Lipinski definition) is 2. The van der Waals surface area contributed by atoms with Gasteiger partial charge in [0.05, 0.1) is 0 Å². The average molecular weight is 313 g/mol. The van der Waals surface area contributed by atoms with Gasteiger partial charge in [0, 0.05) is 11.6 Å². The highest BCUT2D eigenvalue weighted by molar-refractivity contribution is 6.30. The molecular formula is C15H21ClN2O3. The molecule has 1 atom stereocenters. The Morgan fingerprint density at radius 3 is 2.38 bits per heavy atom. The Morgan fingerprint density at radius 2 is 1.86 bits per heavy atom. The summed E-state index contributed by atoms with van der Waals surface area (Å²) in [5.41, 5.74) is 1.05. The van der Waals surface area contributed by atoms with Crippen molar-refractivity contribution in [2.24, 2.45) is 5.92 Å². The van der Waals surface area contributed by atoms with Gasteiger partial charge >= 0.3 is 12.0 Å². The van der Waals surface area contributed by atoms with Gasteiger partial charge in [-0.25, -0.2) is 9.59 Å². The molecule has 0 fully saturated rings. The summed E-state index contributed by atoms with van der Waals surface area (Å²) < 4.78 is 0. The molecule has 0 unspecified atom stereocenters. The molecule has 1 aromatic carbocycles. The number of amides is 2. The van der Waals surface area contributed by atoms with Gasteiger partial charge in [-0.15, -0.1) is 0 Å². The van der Waals surface area contributed by atoms with Crippen LogP contribution < -0.4 is 10.6 Å². The first-order chi connectivity index (χ1) is 9.88. The number of aliphatic carboxylic acids is 1. The molecular weight excluding hydrogens is 292 g/mol. The average Bonchev–Trinajstić information content (AvgIpc) is 2.39. The van der Waals surface area contributed by atoms with Crippen molar-refractivity contribution in [3.8, 4) is 0 Å². The molecule has 0 aliphatic rings. The number of carboxylic acid groups (broad SMARTS) is 1. The Bertz CT molecular complexity index is 474. The van der Waals surface area contributed by atoms with Crippen LogP contribution in [0, 0.1) is 5.92 Å². The van der Waals surface area contributed by atoms with Crippen molar-refractivity contribution in [3.05, 3.63) is 34.9 Å². The van der Waals surface area contributed by atoms with E-state index < -0.39 is 18.0 Å². The third-order valence-corrected chi connectivity index (χ3v) is 3.17. The second-order valence-corrected chi connectivity index (χ2v) is 5.73. The molecule has 0 aliphatic carbocycles. The Hall–Kier alpha value is -1.75. The third-order valence-electron chi connectivity index (χ3n) is 2.92. The van der Waals surface area contributed by atoms with Gasteiger partial charge in [-0.2, -0.15) is 0 Å². The van der Waals surface area contributed by atoms with E-state index in [1.54, 1.807) is 12.1 Å². The molecule has 0 aliphatic heterocycles. The van der Waals surface area contributed by atoms with Gasteiger partial charge in [0.2, 0.25) is 0 Å². The molecule has 5 nitrogen and oxygen atoms in total. The molecule has 21 heavy (non-hydrogen) atoms. The summed E-state index contributed by atoms with van der Waals surface area (Å²) in [4.78, 5) is 22.7. The minimum absolute atomic E-state index is 0.195. The van der Waals surface area contributed by atoms with E-state index in [0.29, 0.717) is 24.4 Å². The lowest BCUT2D eigenvalue weighted by Gasteiger charge is -2.16. The molecule has 0 bridgehead atoms. The zero-order chi connectivity index (χ0) is 15.8. The third kappa shape index (κ3) is 6.99. The number of halogens is 1. The number of hydrogen-bond donors (Lipinski definition) is 3. The van der Waals surface area contributed by atoms with E-state index in [9.17, 15) is 9.59 Å². The molecule has 6 heteroatoms. The second-order valence-electron chi connectivity index (χ2n) is 5.30. The van der Waals surface area contributed by atoms with Crippen LogP contribution in [-0.4, -0.2) is 29.7 Å². The minimum atomic E-state index is -1.02. The van der Waals surface area contributed by atoms with Crippen molar-refractivity contribution in [1.82, 2.24) is 10.6 Å². The van der Waals surface area contributed by atoms with Crippen LogP contribution in [0.15, 0.2) is 24.3 Å². The zero-order valence-corrected chi connectivity index (χ0v) is 13.0. The highest BCUT2D eigenvalue weighted by atomic mass is 35.5. The Labute approximate surface area is 129 Å². The van der Waals surface area contributed by atoms with E-state index in [-0.39, 0.29) is 5.92 Å². The molecule has 1 aromatic rings. The monoisotopic (exact) mass is 312 g/mol. The summed E-state index contributed by atoms with van der Waals surface area (Å²) in [5, 5.41) is 14.8. The molecule has 0 spiro atoms. The minimum Gasteiger partial charge on any atom is -0.480 e. The largest absolute Gasteiger partial charge is 0.480 e. The summed E-state index contributed by atoms with van der Waals surface area (Å²) in [5.74, 6) is -0.822. The number of carbonyl (C=O) groups is 2. The van der Waals surface area contributed by atoms with E-state index >= 15 is 0 Å². The van der Waals surface area contributed by atoms with Gasteiger partial charge in [0.15, 0.2) is 0 Å². The highest BCUT2D eigenvalue weighted by Crippen LogP contribution is 2.09. The van der Waals surface area contributed by atoms with Gasteiger partial charge < -0.3 is 15.7 Å². The van der Waals surface area contributed by atoms with Crippen molar-refractivity contribution in [1.29, 1.82) is 0 Å². The Balaban J connectivity index is 2.35. The Morgan fingerprint density at radius 1 is 1.24 bits per heavy atom. The number of carboxylic acids is 1. The fourth-order valence-electron chi connectivity index (χ4n) is 1.87. The Kier molecular flexibility index (Phi) is 7.02. The van der Waals surface area contributed by atoms with Crippen LogP contribution in [0.1, 0.15) is 25.8 Å². The lowest BCUT2D eigenvalue weighted by atomic mass is 10.0. The van der Waals surface area contributed by atoms with Crippen molar-refractivity contribution in [2.75, 3.05) is 6.54 Å². The number of rotatable bonds is 7. The molecule has 2 amide bonds. The van der Waals surface area contributed by atoms with Crippen molar-refractivity contribution >= 4 is 23.6 Å². The number of benzene rings is 1. The summed E-state index contributed by atoms with van der Waals surface area (Å²) in [6.07, 6.45) is 1.06. The number of carbonyl (C=O) groups excluding carboxylic acids is 1. The maximum Gasteiger partial charge on any atom is 0.326 e. The van der Waals surface area contributed by atoms with Crippen LogP contribution in [0.5, 0.6) is 0 Å². The predicted octanol–water partition coefficient (Wildman–Crippen LogP) is 2.68. The second kappa shape index (κ2) is 8.52. The standard InChI is InChI=1S/C15H21ClN2O3/c1-10(2)9-13(14(19)20)18-15(21)17-8-7-11-3-5-12(16)6-4-11/h3-6,10,13H,7-9H2,1-2H3,(H,19,20)(H2,17,18,21)/t13-/m0/s1. The summed E-state index contributed by atoms with van der Waals surface area (Å²) in [7, 11) is 0. The van der Waals surface area contributed by atoms with E-state index in [1.165, 1.54) is 0 Å². The topological polar surface area (TPSA) is 78.4 Å². The van der Waals surface area contributed by atoms with Gasteiger partial charge in [0.1, 0.15) is 6.04 Å². The zero-order valence-electron chi connectivity index (χ0n) is 12.2. The van der Waals surface area contributed by atoms with E-state index in [0.717, 1.165) is 5.56 Å². The SMILES string of the molecule is CC(C)C[C@H](NC(=O)NCCc1ccc(Cl)cc1)C(=O)O. The van der Waals surface area contributed by atoms with Gasteiger partial charge in [0.25, 0.3) is 0 Å². The molecule has 1 rings (SSSR count).